The normalized spacial score (nSPS) is 10.4. The number of hydrogen-bond donors (Lipinski definition) is 2. The molecule has 1 aromatic heterocycles. The molecular formula is C13H12BrN3O4. The number of aromatic carboxylic acids is 1. The first-order chi connectivity index (χ1) is 9.95. The molecule has 110 valence electrons. The number of halogens is 1. The number of carbonyl (C=O) groups excluding carboxylic acids is 1. The van der Waals surface area contributed by atoms with Gasteiger partial charge in [0.2, 0.25) is 11.8 Å². The highest BCUT2D eigenvalue weighted by Gasteiger charge is 2.11. The zero-order valence-corrected chi connectivity index (χ0v) is 12.7. The maximum Gasteiger partial charge on any atom is 0.335 e. The summed E-state index contributed by atoms with van der Waals surface area (Å²) >= 11 is 3.22. The number of carbonyl (C=O) groups is 2. The summed E-state index contributed by atoms with van der Waals surface area (Å²) in [5.41, 5.74) is 0.646. The van der Waals surface area contributed by atoms with E-state index in [1.165, 1.54) is 18.2 Å². The van der Waals surface area contributed by atoms with Crippen molar-refractivity contribution in [2.24, 2.45) is 0 Å². The van der Waals surface area contributed by atoms with Gasteiger partial charge in [0.25, 0.3) is 0 Å². The lowest BCUT2D eigenvalue weighted by atomic mass is 10.2. The van der Waals surface area contributed by atoms with Gasteiger partial charge in [-0.15, -0.1) is 0 Å². The van der Waals surface area contributed by atoms with Gasteiger partial charge in [0.05, 0.1) is 11.3 Å². The largest absolute Gasteiger partial charge is 0.478 e. The third-order valence-corrected chi connectivity index (χ3v) is 3.28. The maximum absolute atomic E-state index is 11.8. The van der Waals surface area contributed by atoms with Crippen LogP contribution in [0.1, 0.15) is 28.5 Å². The predicted molar refractivity (Wildman–Crippen MR) is 77.1 cm³/mol. The molecule has 0 radical (unpaired) electrons. The van der Waals surface area contributed by atoms with Gasteiger partial charge >= 0.3 is 5.97 Å². The smallest absolute Gasteiger partial charge is 0.335 e. The fourth-order valence-corrected chi connectivity index (χ4v) is 2.10. The lowest BCUT2D eigenvalue weighted by Crippen LogP contribution is -2.13. The first-order valence-corrected chi connectivity index (χ1v) is 6.87. The van der Waals surface area contributed by atoms with Crippen LogP contribution < -0.4 is 5.32 Å². The first-order valence-electron chi connectivity index (χ1n) is 6.07. The third kappa shape index (κ3) is 4.12. The molecule has 1 amide bonds. The van der Waals surface area contributed by atoms with E-state index in [1.54, 1.807) is 6.92 Å². The summed E-state index contributed by atoms with van der Waals surface area (Å²) in [6.07, 6.45) is 0.534. The number of carboxylic acids is 1. The van der Waals surface area contributed by atoms with Crippen LogP contribution in [-0.4, -0.2) is 27.1 Å². The second kappa shape index (κ2) is 6.49. The lowest BCUT2D eigenvalue weighted by molar-refractivity contribution is -0.116. The average Bonchev–Trinajstić information content (AvgIpc) is 2.84. The molecule has 2 aromatic rings. The minimum atomic E-state index is -1.03. The summed E-state index contributed by atoms with van der Waals surface area (Å²) in [5, 5.41) is 15.2. The fraction of sp³-hybridized carbons (Fsp3) is 0.231. The van der Waals surface area contributed by atoms with Crippen molar-refractivity contribution in [2.75, 3.05) is 5.32 Å². The van der Waals surface area contributed by atoms with Crippen molar-refractivity contribution in [1.29, 1.82) is 0 Å². The number of nitrogens with zero attached hydrogens (tertiary/aromatic N) is 2. The van der Waals surface area contributed by atoms with Crippen LogP contribution in [0.4, 0.5) is 5.69 Å². The number of hydrogen-bond acceptors (Lipinski definition) is 5. The minimum absolute atomic E-state index is 0.140. The molecule has 0 aliphatic heterocycles. The van der Waals surface area contributed by atoms with Crippen LogP contribution in [0.15, 0.2) is 27.2 Å². The molecule has 0 atom stereocenters. The predicted octanol–water partition coefficient (Wildman–Crippen LogP) is 2.41. The van der Waals surface area contributed by atoms with Crippen LogP contribution in [0.2, 0.25) is 0 Å². The molecule has 21 heavy (non-hydrogen) atoms. The monoisotopic (exact) mass is 353 g/mol. The minimum Gasteiger partial charge on any atom is -0.478 e. The highest BCUT2D eigenvalue weighted by Crippen LogP contribution is 2.24. The van der Waals surface area contributed by atoms with Crippen LogP contribution in [0.5, 0.6) is 0 Å². The SMILES string of the molecule is Cc1noc(CCC(=O)Nc2ccc(C(=O)O)cc2Br)n1. The molecular weight excluding hydrogens is 342 g/mol. The fourth-order valence-electron chi connectivity index (χ4n) is 1.62. The van der Waals surface area contributed by atoms with Gasteiger partial charge in [-0.05, 0) is 41.1 Å². The summed E-state index contributed by atoms with van der Waals surface area (Å²) < 4.78 is 5.42. The Labute approximate surface area is 128 Å². The molecule has 0 aliphatic carbocycles. The third-order valence-electron chi connectivity index (χ3n) is 2.63. The number of anilines is 1. The Bertz CT molecular complexity index is 684. The molecule has 0 saturated heterocycles. The van der Waals surface area contributed by atoms with E-state index in [-0.39, 0.29) is 17.9 Å². The summed E-state index contributed by atoms with van der Waals surface area (Å²) in [5.74, 6) is -0.324. The number of nitrogens with one attached hydrogen (secondary N) is 1. The Morgan fingerprint density at radius 3 is 2.76 bits per heavy atom. The molecule has 1 heterocycles. The Morgan fingerprint density at radius 1 is 1.43 bits per heavy atom. The van der Waals surface area contributed by atoms with Crippen molar-refractivity contribution in [2.45, 2.75) is 19.8 Å². The van der Waals surface area contributed by atoms with Crippen LogP contribution in [0.25, 0.3) is 0 Å². The molecule has 0 fully saturated rings. The van der Waals surface area contributed by atoms with E-state index >= 15 is 0 Å². The van der Waals surface area contributed by atoms with Gasteiger partial charge in [0.15, 0.2) is 5.82 Å². The van der Waals surface area contributed by atoms with Gasteiger partial charge in [0.1, 0.15) is 0 Å². The van der Waals surface area contributed by atoms with Crippen molar-refractivity contribution in [3.05, 3.63) is 40.0 Å². The van der Waals surface area contributed by atoms with Gasteiger partial charge in [-0.2, -0.15) is 4.98 Å². The lowest BCUT2D eigenvalue weighted by Gasteiger charge is -2.07. The summed E-state index contributed by atoms with van der Waals surface area (Å²) in [6.45, 7) is 1.70. The zero-order valence-electron chi connectivity index (χ0n) is 11.1. The van der Waals surface area contributed by atoms with Crippen LogP contribution >= 0.6 is 15.9 Å². The molecule has 2 N–H and O–H groups in total. The van der Waals surface area contributed by atoms with Crippen molar-refractivity contribution >= 4 is 33.5 Å². The quantitative estimate of drug-likeness (QED) is 0.854. The van der Waals surface area contributed by atoms with E-state index in [2.05, 4.69) is 31.4 Å². The topological polar surface area (TPSA) is 105 Å². The second-order valence-corrected chi connectivity index (χ2v) is 5.14. The highest BCUT2D eigenvalue weighted by molar-refractivity contribution is 9.10. The van der Waals surface area contributed by atoms with Gasteiger partial charge in [-0.1, -0.05) is 5.16 Å². The summed E-state index contributed by atoms with van der Waals surface area (Å²) in [7, 11) is 0. The Hall–Kier alpha value is -2.22. The van der Waals surface area contributed by atoms with Gasteiger partial charge in [-0.25, -0.2) is 4.79 Å². The number of aryl methyl sites for hydroxylation is 2. The molecule has 0 aliphatic rings. The molecule has 7 nitrogen and oxygen atoms in total. The second-order valence-electron chi connectivity index (χ2n) is 4.28. The van der Waals surface area contributed by atoms with E-state index in [0.717, 1.165) is 0 Å². The van der Waals surface area contributed by atoms with Gasteiger partial charge in [0, 0.05) is 17.3 Å². The Balaban J connectivity index is 1.94. The highest BCUT2D eigenvalue weighted by atomic mass is 79.9. The van der Waals surface area contributed by atoms with E-state index in [0.29, 0.717) is 28.3 Å². The first kappa shape index (κ1) is 15.2. The van der Waals surface area contributed by atoms with Crippen LogP contribution in [0, 0.1) is 6.92 Å². The van der Waals surface area contributed by atoms with Gasteiger partial charge < -0.3 is 14.9 Å². The van der Waals surface area contributed by atoms with E-state index in [4.69, 9.17) is 9.63 Å². The zero-order chi connectivity index (χ0) is 15.4. The number of carboxylic acid groups (broad SMARTS) is 1. The number of amides is 1. The molecule has 0 saturated carbocycles. The van der Waals surface area contributed by atoms with Crippen LogP contribution in [0.3, 0.4) is 0 Å². The molecule has 0 spiro atoms. The number of rotatable bonds is 5. The van der Waals surface area contributed by atoms with Gasteiger partial charge in [-0.3, -0.25) is 4.79 Å². The standard InChI is InChI=1S/C13H12BrN3O4/c1-7-15-12(21-17-7)5-4-11(18)16-10-3-2-8(13(19)20)6-9(10)14/h2-3,6H,4-5H2,1H3,(H,16,18)(H,19,20). The van der Waals surface area contributed by atoms with E-state index < -0.39 is 5.97 Å². The number of benzene rings is 1. The average molecular weight is 354 g/mol. The van der Waals surface area contributed by atoms with Crippen molar-refractivity contribution in [3.8, 4) is 0 Å². The molecule has 8 heteroatoms. The number of aromatic nitrogens is 2. The van der Waals surface area contributed by atoms with Crippen LogP contribution in [-0.2, 0) is 11.2 Å². The van der Waals surface area contributed by atoms with Crippen molar-refractivity contribution < 1.29 is 19.2 Å². The van der Waals surface area contributed by atoms with E-state index in [1.807, 2.05) is 0 Å². The Morgan fingerprint density at radius 2 is 2.19 bits per heavy atom. The molecule has 0 unspecified atom stereocenters. The Kier molecular flexibility index (Phi) is 4.69. The maximum atomic E-state index is 11.8. The molecule has 0 bridgehead atoms. The van der Waals surface area contributed by atoms with E-state index in [9.17, 15) is 9.59 Å². The summed E-state index contributed by atoms with van der Waals surface area (Å²) in [4.78, 5) is 26.6. The molecule has 2 rings (SSSR count). The molecule has 1 aromatic carbocycles. The summed E-state index contributed by atoms with van der Waals surface area (Å²) in [6, 6.07) is 4.38. The van der Waals surface area contributed by atoms with Crippen molar-refractivity contribution in [3.63, 3.8) is 0 Å². The van der Waals surface area contributed by atoms with Crippen molar-refractivity contribution in [1.82, 2.24) is 10.1 Å².